The minimum Gasteiger partial charge on any atom is -0.497 e. The van der Waals surface area contributed by atoms with Crippen LogP contribution in [0.2, 0.25) is 0 Å². The van der Waals surface area contributed by atoms with Crippen molar-refractivity contribution in [3.05, 3.63) is 64.7 Å². The van der Waals surface area contributed by atoms with E-state index in [-0.39, 0.29) is 12.6 Å². The zero-order chi connectivity index (χ0) is 18.4. The van der Waals surface area contributed by atoms with Crippen molar-refractivity contribution in [1.29, 1.82) is 0 Å². The van der Waals surface area contributed by atoms with Crippen LogP contribution in [-0.4, -0.2) is 36.8 Å². The molecule has 2 N–H and O–H groups in total. The highest BCUT2D eigenvalue weighted by molar-refractivity contribution is 5.74. The Morgan fingerprint density at radius 2 is 1.88 bits per heavy atom. The van der Waals surface area contributed by atoms with E-state index in [1.807, 2.05) is 50.2 Å². The molecule has 0 aliphatic carbocycles. The molecule has 2 amide bonds. The SMILES string of the molecule is COc1ccc([C@H](CO)N(C)C(=O)NCc2ccc(C)cc2C)cc1. The van der Waals surface area contributed by atoms with E-state index in [9.17, 15) is 9.90 Å². The normalized spacial score (nSPS) is 11.7. The molecule has 1 atom stereocenters. The Labute approximate surface area is 149 Å². The van der Waals surface area contributed by atoms with Gasteiger partial charge < -0.3 is 20.1 Å². The molecule has 0 heterocycles. The number of carbonyl (C=O) groups excluding carboxylic acids is 1. The van der Waals surface area contributed by atoms with Gasteiger partial charge in [-0.3, -0.25) is 0 Å². The van der Waals surface area contributed by atoms with Crippen molar-refractivity contribution >= 4 is 6.03 Å². The second-order valence-electron chi connectivity index (χ2n) is 6.17. The maximum atomic E-state index is 12.5. The molecule has 0 unspecified atom stereocenters. The first kappa shape index (κ1) is 18.8. The average Bonchev–Trinajstić information content (AvgIpc) is 2.61. The summed E-state index contributed by atoms with van der Waals surface area (Å²) in [4.78, 5) is 14.0. The first-order valence-corrected chi connectivity index (χ1v) is 8.28. The van der Waals surface area contributed by atoms with Gasteiger partial charge in [0.05, 0.1) is 19.8 Å². The van der Waals surface area contributed by atoms with E-state index < -0.39 is 6.04 Å². The number of aliphatic hydroxyl groups is 1. The number of aliphatic hydroxyl groups excluding tert-OH is 1. The van der Waals surface area contributed by atoms with Crippen molar-refractivity contribution in [2.75, 3.05) is 20.8 Å². The minimum absolute atomic E-state index is 0.153. The van der Waals surface area contributed by atoms with Crippen LogP contribution in [0.4, 0.5) is 4.79 Å². The Hall–Kier alpha value is -2.53. The molecule has 0 fully saturated rings. The lowest BCUT2D eigenvalue weighted by atomic mass is 10.1. The highest BCUT2D eigenvalue weighted by Gasteiger charge is 2.21. The van der Waals surface area contributed by atoms with E-state index in [1.54, 1.807) is 14.2 Å². The molecule has 2 aromatic rings. The van der Waals surface area contributed by atoms with E-state index in [4.69, 9.17) is 4.74 Å². The third-order valence-electron chi connectivity index (χ3n) is 4.39. The number of nitrogens with one attached hydrogen (secondary N) is 1. The molecule has 0 aliphatic heterocycles. The van der Waals surface area contributed by atoms with Gasteiger partial charge in [0, 0.05) is 13.6 Å². The number of aryl methyl sites for hydroxylation is 2. The van der Waals surface area contributed by atoms with Gasteiger partial charge in [0.1, 0.15) is 5.75 Å². The molecular formula is C20H26N2O3. The summed E-state index contributed by atoms with van der Waals surface area (Å²) >= 11 is 0. The van der Waals surface area contributed by atoms with Crippen LogP contribution in [-0.2, 0) is 6.54 Å². The molecule has 5 nitrogen and oxygen atoms in total. The Morgan fingerprint density at radius 3 is 2.44 bits per heavy atom. The minimum atomic E-state index is -0.412. The number of nitrogens with zero attached hydrogens (tertiary/aromatic N) is 1. The number of carbonyl (C=O) groups is 1. The fourth-order valence-electron chi connectivity index (χ4n) is 2.76. The third-order valence-corrected chi connectivity index (χ3v) is 4.39. The van der Waals surface area contributed by atoms with E-state index in [2.05, 4.69) is 11.4 Å². The number of benzene rings is 2. The van der Waals surface area contributed by atoms with Gasteiger partial charge in [0.2, 0.25) is 0 Å². The molecule has 0 aromatic heterocycles. The summed E-state index contributed by atoms with van der Waals surface area (Å²) in [5.74, 6) is 0.738. The topological polar surface area (TPSA) is 61.8 Å². The Morgan fingerprint density at radius 1 is 1.20 bits per heavy atom. The highest BCUT2D eigenvalue weighted by Crippen LogP contribution is 2.22. The van der Waals surface area contributed by atoms with E-state index in [0.29, 0.717) is 6.54 Å². The van der Waals surface area contributed by atoms with Crippen molar-refractivity contribution in [3.63, 3.8) is 0 Å². The lowest BCUT2D eigenvalue weighted by Gasteiger charge is -2.27. The van der Waals surface area contributed by atoms with Gasteiger partial charge in [-0.05, 0) is 42.7 Å². The summed E-state index contributed by atoms with van der Waals surface area (Å²) in [6.45, 7) is 4.38. The highest BCUT2D eigenvalue weighted by atomic mass is 16.5. The van der Waals surface area contributed by atoms with Crippen molar-refractivity contribution in [2.24, 2.45) is 0 Å². The largest absolute Gasteiger partial charge is 0.497 e. The molecule has 0 bridgehead atoms. The van der Waals surface area contributed by atoms with E-state index in [0.717, 1.165) is 22.4 Å². The van der Waals surface area contributed by atoms with Gasteiger partial charge in [-0.2, -0.15) is 0 Å². The fraction of sp³-hybridized carbons (Fsp3) is 0.350. The van der Waals surface area contributed by atoms with Crippen LogP contribution in [0.25, 0.3) is 0 Å². The summed E-state index contributed by atoms with van der Waals surface area (Å²) in [5, 5.41) is 12.6. The number of hydrogen-bond donors (Lipinski definition) is 2. The standard InChI is InChI=1S/C20H26N2O3/c1-14-5-6-17(15(2)11-14)12-21-20(24)22(3)19(13-23)16-7-9-18(25-4)10-8-16/h5-11,19,23H,12-13H2,1-4H3,(H,21,24)/t19-/m0/s1. The maximum absolute atomic E-state index is 12.5. The molecule has 134 valence electrons. The number of amides is 2. The van der Waals surface area contributed by atoms with Gasteiger partial charge >= 0.3 is 6.03 Å². The second-order valence-corrected chi connectivity index (χ2v) is 6.17. The van der Waals surface area contributed by atoms with Gasteiger partial charge in [-0.15, -0.1) is 0 Å². The molecular weight excluding hydrogens is 316 g/mol. The second kappa shape index (κ2) is 8.53. The number of rotatable bonds is 6. The fourth-order valence-corrected chi connectivity index (χ4v) is 2.76. The number of ether oxygens (including phenoxy) is 1. The zero-order valence-electron chi connectivity index (χ0n) is 15.2. The molecule has 0 aliphatic rings. The Bertz CT molecular complexity index is 713. The number of methoxy groups -OCH3 is 1. The zero-order valence-corrected chi connectivity index (χ0v) is 15.2. The number of urea groups is 1. The predicted octanol–water partition coefficient (Wildman–Crippen LogP) is 3.19. The molecule has 0 radical (unpaired) electrons. The summed E-state index contributed by atoms with van der Waals surface area (Å²) in [5.41, 5.74) is 4.28. The molecule has 2 rings (SSSR count). The molecule has 2 aromatic carbocycles. The van der Waals surface area contributed by atoms with Crippen LogP contribution in [0.15, 0.2) is 42.5 Å². The van der Waals surface area contributed by atoms with Gasteiger partial charge in [0.15, 0.2) is 0 Å². The maximum Gasteiger partial charge on any atom is 0.318 e. The van der Waals surface area contributed by atoms with Crippen molar-refractivity contribution in [3.8, 4) is 5.75 Å². The van der Waals surface area contributed by atoms with E-state index in [1.165, 1.54) is 10.5 Å². The first-order valence-electron chi connectivity index (χ1n) is 8.28. The average molecular weight is 342 g/mol. The van der Waals surface area contributed by atoms with Crippen molar-refractivity contribution in [1.82, 2.24) is 10.2 Å². The summed E-state index contributed by atoms with van der Waals surface area (Å²) < 4.78 is 5.14. The lowest BCUT2D eigenvalue weighted by molar-refractivity contribution is 0.149. The molecule has 5 heteroatoms. The lowest BCUT2D eigenvalue weighted by Crippen LogP contribution is -2.40. The van der Waals surface area contributed by atoms with Gasteiger partial charge in [0.25, 0.3) is 0 Å². The summed E-state index contributed by atoms with van der Waals surface area (Å²) in [7, 11) is 3.29. The van der Waals surface area contributed by atoms with Crippen LogP contribution in [0.1, 0.15) is 28.3 Å². The van der Waals surface area contributed by atoms with Crippen LogP contribution in [0.3, 0.4) is 0 Å². The molecule has 0 spiro atoms. The summed E-state index contributed by atoms with van der Waals surface area (Å²) in [6, 6.07) is 12.9. The quantitative estimate of drug-likeness (QED) is 0.847. The molecule has 25 heavy (non-hydrogen) atoms. The number of hydrogen-bond acceptors (Lipinski definition) is 3. The van der Waals surface area contributed by atoms with Crippen LogP contribution in [0, 0.1) is 13.8 Å². The third kappa shape index (κ3) is 4.73. The van der Waals surface area contributed by atoms with Gasteiger partial charge in [-0.25, -0.2) is 4.79 Å². The van der Waals surface area contributed by atoms with Gasteiger partial charge in [-0.1, -0.05) is 35.9 Å². The predicted molar refractivity (Wildman–Crippen MR) is 98.7 cm³/mol. The van der Waals surface area contributed by atoms with Crippen molar-refractivity contribution in [2.45, 2.75) is 26.4 Å². The van der Waals surface area contributed by atoms with Crippen LogP contribution >= 0.6 is 0 Å². The Kier molecular flexibility index (Phi) is 6.42. The molecule has 0 saturated heterocycles. The monoisotopic (exact) mass is 342 g/mol. The van der Waals surface area contributed by atoms with Crippen LogP contribution in [0.5, 0.6) is 5.75 Å². The van der Waals surface area contributed by atoms with E-state index >= 15 is 0 Å². The number of likely N-dealkylation sites (N-methyl/N-ethyl adjacent to an activating group) is 1. The first-order chi connectivity index (χ1) is 12.0. The summed E-state index contributed by atoms with van der Waals surface area (Å²) in [6.07, 6.45) is 0. The van der Waals surface area contributed by atoms with Crippen molar-refractivity contribution < 1.29 is 14.6 Å². The molecule has 0 saturated carbocycles. The van der Waals surface area contributed by atoms with Crippen LogP contribution < -0.4 is 10.1 Å². The Balaban J connectivity index is 2.03. The smallest absolute Gasteiger partial charge is 0.318 e.